The molecular formula is C9H7F2IO2. The second-order valence-corrected chi connectivity index (χ2v) is 3.91. The molecule has 5 heteroatoms. The number of rotatable bonds is 2. The number of phenols is 1. The van der Waals surface area contributed by atoms with Gasteiger partial charge in [0.1, 0.15) is 5.75 Å². The Kier molecular flexibility index (Phi) is 3.41. The highest BCUT2D eigenvalue weighted by atomic mass is 127. The molecule has 0 unspecified atom stereocenters. The quantitative estimate of drug-likeness (QED) is 0.673. The normalized spacial score (nSPS) is 10.6. The van der Waals surface area contributed by atoms with Crippen molar-refractivity contribution in [2.24, 2.45) is 0 Å². The molecule has 1 rings (SSSR count). The minimum atomic E-state index is -2.77. The van der Waals surface area contributed by atoms with Crippen LogP contribution >= 0.6 is 22.6 Å². The van der Waals surface area contributed by atoms with Crippen molar-refractivity contribution in [1.29, 1.82) is 0 Å². The topological polar surface area (TPSA) is 37.3 Å². The van der Waals surface area contributed by atoms with Gasteiger partial charge in [-0.3, -0.25) is 4.79 Å². The Morgan fingerprint density at radius 1 is 1.50 bits per heavy atom. The summed E-state index contributed by atoms with van der Waals surface area (Å²) in [5.74, 6) is -0.772. The van der Waals surface area contributed by atoms with Crippen LogP contribution in [0.3, 0.4) is 0 Å². The highest BCUT2D eigenvalue weighted by Gasteiger charge is 2.17. The summed E-state index contributed by atoms with van der Waals surface area (Å²) in [6.45, 7) is 1.30. The molecule has 0 fully saturated rings. The fourth-order valence-corrected chi connectivity index (χ4v) is 1.85. The molecule has 0 heterocycles. The molecule has 1 N–H and O–H groups in total. The molecule has 1 aromatic carbocycles. The van der Waals surface area contributed by atoms with Crippen LogP contribution in [-0.2, 0) is 0 Å². The summed E-state index contributed by atoms with van der Waals surface area (Å²) in [6, 6.07) is 2.20. The van der Waals surface area contributed by atoms with Crippen LogP contribution in [0.15, 0.2) is 12.1 Å². The number of phenolic OH excluding ortho intramolecular Hbond substituents is 1. The minimum Gasteiger partial charge on any atom is -0.507 e. The molecule has 0 atom stereocenters. The van der Waals surface area contributed by atoms with Gasteiger partial charge in [0.2, 0.25) is 0 Å². The van der Waals surface area contributed by atoms with E-state index in [1.54, 1.807) is 0 Å². The van der Waals surface area contributed by atoms with Gasteiger partial charge in [0, 0.05) is 9.13 Å². The third kappa shape index (κ3) is 2.20. The van der Waals surface area contributed by atoms with Gasteiger partial charge in [0.05, 0.1) is 5.56 Å². The van der Waals surface area contributed by atoms with Crippen LogP contribution in [0.4, 0.5) is 8.78 Å². The standard InChI is InChI=1S/C9H7F2IO2/c1-4(13)5-2-6(9(10)11)8(14)3-7(5)12/h2-3,9,14H,1H3. The van der Waals surface area contributed by atoms with Gasteiger partial charge in [-0.2, -0.15) is 0 Å². The molecule has 14 heavy (non-hydrogen) atoms. The van der Waals surface area contributed by atoms with E-state index in [1.807, 2.05) is 22.6 Å². The summed E-state index contributed by atoms with van der Waals surface area (Å²) in [5, 5.41) is 9.17. The third-order valence-corrected chi connectivity index (χ3v) is 2.62. The van der Waals surface area contributed by atoms with Gasteiger partial charge >= 0.3 is 0 Å². The van der Waals surface area contributed by atoms with E-state index in [1.165, 1.54) is 13.0 Å². The molecule has 0 aliphatic heterocycles. The molecule has 0 aliphatic rings. The first-order chi connectivity index (χ1) is 6.43. The summed E-state index contributed by atoms with van der Waals surface area (Å²) in [6.07, 6.45) is -2.77. The zero-order valence-electron chi connectivity index (χ0n) is 7.22. The smallest absolute Gasteiger partial charge is 0.267 e. The Morgan fingerprint density at radius 3 is 2.50 bits per heavy atom. The van der Waals surface area contributed by atoms with Crippen LogP contribution in [0.1, 0.15) is 29.3 Å². The summed E-state index contributed by atoms with van der Waals surface area (Å²) in [5.41, 5.74) is -0.297. The number of alkyl halides is 2. The average Bonchev–Trinajstić information content (AvgIpc) is 2.02. The predicted octanol–water partition coefficient (Wildman–Crippen LogP) is 3.14. The molecule has 0 aromatic heterocycles. The van der Waals surface area contributed by atoms with Gasteiger partial charge < -0.3 is 5.11 Å². The van der Waals surface area contributed by atoms with E-state index in [2.05, 4.69) is 0 Å². The zero-order chi connectivity index (χ0) is 10.9. The summed E-state index contributed by atoms with van der Waals surface area (Å²) in [4.78, 5) is 11.0. The number of benzene rings is 1. The molecule has 0 spiro atoms. The number of carbonyl (C=O) groups is 1. The summed E-state index contributed by atoms with van der Waals surface area (Å²) in [7, 11) is 0. The lowest BCUT2D eigenvalue weighted by Crippen LogP contribution is -1.98. The van der Waals surface area contributed by atoms with Crippen LogP contribution in [0, 0.1) is 3.57 Å². The molecule has 0 radical (unpaired) electrons. The van der Waals surface area contributed by atoms with Gasteiger partial charge in [-0.25, -0.2) is 8.78 Å². The molecule has 0 bridgehead atoms. The molecule has 0 saturated carbocycles. The summed E-state index contributed by atoms with van der Waals surface area (Å²) < 4.78 is 25.1. The fraction of sp³-hybridized carbons (Fsp3) is 0.222. The Hall–Kier alpha value is -0.720. The monoisotopic (exact) mass is 312 g/mol. The van der Waals surface area contributed by atoms with Crippen LogP contribution in [0.25, 0.3) is 0 Å². The number of hydrogen-bond acceptors (Lipinski definition) is 2. The molecule has 1 aromatic rings. The first-order valence-corrected chi connectivity index (χ1v) is 4.83. The average molecular weight is 312 g/mol. The first-order valence-electron chi connectivity index (χ1n) is 3.75. The Balaban J connectivity index is 3.34. The second-order valence-electron chi connectivity index (χ2n) is 2.75. The maximum atomic E-state index is 12.3. The lowest BCUT2D eigenvalue weighted by Gasteiger charge is -2.07. The number of halogens is 3. The highest BCUT2D eigenvalue weighted by molar-refractivity contribution is 14.1. The van der Waals surface area contributed by atoms with E-state index >= 15 is 0 Å². The lowest BCUT2D eigenvalue weighted by atomic mass is 10.1. The van der Waals surface area contributed by atoms with Crippen molar-refractivity contribution in [2.45, 2.75) is 13.3 Å². The lowest BCUT2D eigenvalue weighted by molar-refractivity contribution is 0.101. The SMILES string of the molecule is CC(=O)c1cc(C(F)F)c(O)cc1I. The van der Waals surface area contributed by atoms with Crippen LogP contribution in [0.5, 0.6) is 5.75 Å². The van der Waals surface area contributed by atoms with Crippen molar-refractivity contribution in [2.75, 3.05) is 0 Å². The first kappa shape index (κ1) is 11.4. The van der Waals surface area contributed by atoms with Crippen LogP contribution in [-0.4, -0.2) is 10.9 Å². The molecule has 2 nitrogen and oxygen atoms in total. The van der Waals surface area contributed by atoms with Gasteiger partial charge in [0.25, 0.3) is 6.43 Å². The van der Waals surface area contributed by atoms with E-state index in [0.717, 1.165) is 6.07 Å². The highest BCUT2D eigenvalue weighted by Crippen LogP contribution is 2.31. The molecule has 76 valence electrons. The molecule has 0 amide bonds. The van der Waals surface area contributed by atoms with Gasteiger partial charge in [-0.15, -0.1) is 0 Å². The zero-order valence-corrected chi connectivity index (χ0v) is 9.38. The Bertz CT molecular complexity index is 377. The molecule has 0 aliphatic carbocycles. The molecular weight excluding hydrogens is 305 g/mol. The van der Waals surface area contributed by atoms with Gasteiger partial charge in [-0.1, -0.05) is 0 Å². The molecule has 0 saturated heterocycles. The van der Waals surface area contributed by atoms with E-state index in [-0.39, 0.29) is 11.3 Å². The van der Waals surface area contributed by atoms with E-state index in [0.29, 0.717) is 3.57 Å². The fourth-order valence-electron chi connectivity index (χ4n) is 1.02. The maximum absolute atomic E-state index is 12.3. The van der Waals surface area contributed by atoms with Crippen molar-refractivity contribution >= 4 is 28.4 Å². The Labute approximate surface area is 93.1 Å². The minimum absolute atomic E-state index is 0.207. The maximum Gasteiger partial charge on any atom is 0.267 e. The van der Waals surface area contributed by atoms with Crippen molar-refractivity contribution in [1.82, 2.24) is 0 Å². The number of hydrogen-bond donors (Lipinski definition) is 1. The Morgan fingerprint density at radius 2 is 2.07 bits per heavy atom. The predicted molar refractivity (Wildman–Crippen MR) is 55.8 cm³/mol. The number of ketones is 1. The van der Waals surface area contributed by atoms with E-state index < -0.39 is 17.7 Å². The number of Topliss-reactive ketones (excluding diaryl/α,β-unsaturated/α-hetero) is 1. The van der Waals surface area contributed by atoms with Crippen LogP contribution < -0.4 is 0 Å². The van der Waals surface area contributed by atoms with Crippen LogP contribution in [0.2, 0.25) is 0 Å². The summed E-state index contributed by atoms with van der Waals surface area (Å²) >= 11 is 1.82. The number of aromatic hydroxyl groups is 1. The van der Waals surface area contributed by atoms with Crippen molar-refractivity contribution in [3.63, 3.8) is 0 Å². The van der Waals surface area contributed by atoms with E-state index in [4.69, 9.17) is 0 Å². The van der Waals surface area contributed by atoms with Gasteiger partial charge in [-0.05, 0) is 41.6 Å². The van der Waals surface area contributed by atoms with Crippen molar-refractivity contribution in [3.8, 4) is 5.75 Å². The number of carbonyl (C=O) groups excluding carboxylic acids is 1. The van der Waals surface area contributed by atoms with Crippen molar-refractivity contribution in [3.05, 3.63) is 26.8 Å². The van der Waals surface area contributed by atoms with Gasteiger partial charge in [0.15, 0.2) is 5.78 Å². The second kappa shape index (κ2) is 4.20. The largest absolute Gasteiger partial charge is 0.507 e. The van der Waals surface area contributed by atoms with Crippen molar-refractivity contribution < 1.29 is 18.7 Å². The van der Waals surface area contributed by atoms with E-state index in [9.17, 15) is 18.7 Å². The third-order valence-electron chi connectivity index (χ3n) is 1.73.